The van der Waals surface area contributed by atoms with Crippen LogP contribution in [0.3, 0.4) is 0 Å². The van der Waals surface area contributed by atoms with Crippen LogP contribution < -0.4 is 20.7 Å². The van der Waals surface area contributed by atoms with Crippen LogP contribution in [-0.4, -0.2) is 24.3 Å². The molecule has 0 spiro atoms. The Hall–Kier alpha value is -5.02. The normalized spacial score (nSPS) is 11.7. The Balaban J connectivity index is 1.37. The number of amides is 3. The van der Waals surface area contributed by atoms with Crippen LogP contribution in [0.25, 0.3) is 6.08 Å². The molecule has 1 atom stereocenters. The average Bonchev–Trinajstić information content (AvgIpc) is 3.09. The first-order chi connectivity index (χ1) is 23.3. The lowest BCUT2D eigenvalue weighted by molar-refractivity contribution is -0.116. The highest BCUT2D eigenvalue weighted by atomic mass is 35.5. The summed E-state index contributed by atoms with van der Waals surface area (Å²) in [4.78, 5) is 41.1. The van der Waals surface area contributed by atoms with E-state index in [9.17, 15) is 14.4 Å². The number of hydrogen-bond donors (Lipinski definition) is 3. The third-order valence-corrected chi connectivity index (χ3v) is 8.72. The fourth-order valence-electron chi connectivity index (χ4n) is 4.61. The first-order valence-electron chi connectivity index (χ1n) is 15.0. The van der Waals surface area contributed by atoms with E-state index in [4.69, 9.17) is 27.9 Å². The Morgan fingerprint density at radius 2 is 1.48 bits per heavy atom. The molecule has 0 saturated carbocycles. The molecule has 242 valence electrons. The molecule has 0 saturated heterocycles. The minimum absolute atomic E-state index is 0.0250. The van der Waals surface area contributed by atoms with Crippen LogP contribution >= 0.6 is 35.0 Å². The number of benzene rings is 5. The molecule has 3 amide bonds. The van der Waals surface area contributed by atoms with E-state index in [1.165, 1.54) is 17.8 Å². The van der Waals surface area contributed by atoms with Crippen molar-refractivity contribution in [3.05, 3.63) is 160 Å². The summed E-state index contributed by atoms with van der Waals surface area (Å²) in [5.74, 6) is -0.522. The van der Waals surface area contributed by atoms with Crippen LogP contribution in [0.4, 0.5) is 11.4 Å². The zero-order valence-corrected chi connectivity index (χ0v) is 28.1. The quantitative estimate of drug-likeness (QED) is 0.0893. The van der Waals surface area contributed by atoms with Gasteiger partial charge in [-0.05, 0) is 90.9 Å². The van der Waals surface area contributed by atoms with Crippen LogP contribution in [0, 0.1) is 0 Å². The summed E-state index contributed by atoms with van der Waals surface area (Å²) in [6, 6.07) is 37.2. The Kier molecular flexibility index (Phi) is 11.9. The molecule has 10 heteroatoms. The lowest BCUT2D eigenvalue weighted by Gasteiger charge is -2.18. The summed E-state index contributed by atoms with van der Waals surface area (Å²) >= 11 is 13.8. The summed E-state index contributed by atoms with van der Waals surface area (Å²) in [6.45, 7) is 2.46. The van der Waals surface area contributed by atoms with E-state index in [1.807, 2.05) is 55.5 Å². The predicted octanol–water partition coefficient (Wildman–Crippen LogP) is 9.27. The number of anilines is 2. The Bertz CT molecular complexity index is 1920. The molecule has 0 heterocycles. The number of carbonyl (C=O) groups is 3. The second-order valence-electron chi connectivity index (χ2n) is 10.4. The first kappa shape index (κ1) is 34.3. The van der Waals surface area contributed by atoms with Gasteiger partial charge in [0, 0.05) is 31.9 Å². The molecule has 0 radical (unpaired) electrons. The maximum Gasteiger partial charge on any atom is 0.272 e. The van der Waals surface area contributed by atoms with Gasteiger partial charge in [0.1, 0.15) is 16.7 Å². The maximum absolute atomic E-state index is 13.7. The van der Waals surface area contributed by atoms with Gasteiger partial charge in [-0.15, -0.1) is 11.8 Å². The number of thioether (sulfide) groups is 1. The molecule has 0 bridgehead atoms. The molecule has 7 nitrogen and oxygen atoms in total. The second-order valence-corrected chi connectivity index (χ2v) is 12.4. The number of halogens is 2. The van der Waals surface area contributed by atoms with E-state index in [1.54, 1.807) is 78.9 Å². The zero-order chi connectivity index (χ0) is 33.9. The highest BCUT2D eigenvalue weighted by Gasteiger charge is 2.23. The molecule has 0 fully saturated rings. The average molecular weight is 697 g/mol. The summed E-state index contributed by atoms with van der Waals surface area (Å²) in [7, 11) is 0. The number of rotatable bonds is 12. The summed E-state index contributed by atoms with van der Waals surface area (Å²) in [5.41, 5.74) is 2.77. The van der Waals surface area contributed by atoms with Crippen molar-refractivity contribution in [2.45, 2.75) is 17.1 Å². The smallest absolute Gasteiger partial charge is 0.272 e. The second kappa shape index (κ2) is 16.7. The Morgan fingerprint density at radius 1 is 0.771 bits per heavy atom. The molecule has 1 unspecified atom stereocenters. The van der Waals surface area contributed by atoms with Gasteiger partial charge in [0.25, 0.3) is 11.8 Å². The third kappa shape index (κ3) is 9.51. The van der Waals surface area contributed by atoms with Crippen molar-refractivity contribution in [1.82, 2.24) is 5.32 Å². The van der Waals surface area contributed by atoms with Gasteiger partial charge in [-0.2, -0.15) is 0 Å². The van der Waals surface area contributed by atoms with Gasteiger partial charge in [0.2, 0.25) is 5.91 Å². The van der Waals surface area contributed by atoms with Crippen molar-refractivity contribution in [2.24, 2.45) is 0 Å². The van der Waals surface area contributed by atoms with Gasteiger partial charge in [0.15, 0.2) is 0 Å². The lowest BCUT2D eigenvalue weighted by atomic mass is 10.1. The molecule has 3 N–H and O–H groups in total. The largest absolute Gasteiger partial charge is 0.494 e. The van der Waals surface area contributed by atoms with Crippen molar-refractivity contribution >= 4 is 70.1 Å². The third-order valence-electron chi connectivity index (χ3n) is 6.91. The molecule has 0 aliphatic carbocycles. The van der Waals surface area contributed by atoms with Gasteiger partial charge in [0.05, 0.1) is 6.61 Å². The van der Waals surface area contributed by atoms with Gasteiger partial charge in [-0.25, -0.2) is 0 Å². The topological polar surface area (TPSA) is 96.5 Å². The van der Waals surface area contributed by atoms with E-state index in [-0.39, 0.29) is 11.6 Å². The van der Waals surface area contributed by atoms with E-state index in [0.717, 1.165) is 16.2 Å². The molecule has 5 aromatic rings. The van der Waals surface area contributed by atoms with Crippen LogP contribution in [0.15, 0.2) is 138 Å². The van der Waals surface area contributed by atoms with Gasteiger partial charge in [-0.3, -0.25) is 14.4 Å². The van der Waals surface area contributed by atoms with Crippen LogP contribution in [0.5, 0.6) is 5.75 Å². The van der Waals surface area contributed by atoms with Crippen molar-refractivity contribution in [1.29, 1.82) is 0 Å². The highest BCUT2D eigenvalue weighted by molar-refractivity contribution is 8.00. The summed E-state index contributed by atoms with van der Waals surface area (Å²) < 4.78 is 5.51. The Labute approximate surface area is 293 Å². The molecular formula is C38H31Cl2N3O4S. The van der Waals surface area contributed by atoms with Crippen molar-refractivity contribution in [2.75, 3.05) is 17.2 Å². The molecule has 0 aliphatic heterocycles. The molecule has 0 aromatic heterocycles. The van der Waals surface area contributed by atoms with Crippen LogP contribution in [0.2, 0.25) is 10.0 Å². The molecular weight excluding hydrogens is 665 g/mol. The minimum atomic E-state index is -0.601. The van der Waals surface area contributed by atoms with Crippen molar-refractivity contribution in [3.8, 4) is 5.75 Å². The molecule has 5 aromatic carbocycles. The lowest BCUT2D eigenvalue weighted by Crippen LogP contribution is -2.30. The number of nitrogens with one attached hydrogen (secondary N) is 3. The van der Waals surface area contributed by atoms with E-state index >= 15 is 0 Å². The minimum Gasteiger partial charge on any atom is -0.494 e. The van der Waals surface area contributed by atoms with Crippen LogP contribution in [0.1, 0.15) is 33.7 Å². The van der Waals surface area contributed by atoms with E-state index < -0.39 is 17.1 Å². The van der Waals surface area contributed by atoms with E-state index in [2.05, 4.69) is 16.0 Å². The zero-order valence-electron chi connectivity index (χ0n) is 25.8. The molecule has 5 rings (SSSR count). The standard InChI is InChI=1S/C38H31Cl2N3O4S/c1-2-47-31-20-18-29(19-21-31)41-38(46)35(25-10-5-3-6-11-25)48-32-15-9-14-30(24-32)42-37(45)34(22-27-16-17-28(39)23-33(27)40)43-36(44)26-12-7-4-8-13-26/h3-24,35H,2H2,1H3,(H,41,46)(H,42,45)(H,43,44)/b34-22+. The Morgan fingerprint density at radius 3 is 2.17 bits per heavy atom. The summed E-state index contributed by atoms with van der Waals surface area (Å²) in [6.07, 6.45) is 1.49. The van der Waals surface area contributed by atoms with E-state index in [0.29, 0.717) is 39.2 Å². The van der Waals surface area contributed by atoms with Crippen molar-refractivity contribution in [3.63, 3.8) is 0 Å². The molecule has 0 aliphatic rings. The first-order valence-corrected chi connectivity index (χ1v) is 16.6. The number of carbonyl (C=O) groups excluding carboxylic acids is 3. The van der Waals surface area contributed by atoms with Crippen LogP contribution in [-0.2, 0) is 9.59 Å². The highest BCUT2D eigenvalue weighted by Crippen LogP contribution is 2.37. The van der Waals surface area contributed by atoms with Gasteiger partial charge < -0.3 is 20.7 Å². The van der Waals surface area contributed by atoms with Gasteiger partial charge >= 0.3 is 0 Å². The number of ether oxygens (including phenoxy) is 1. The summed E-state index contributed by atoms with van der Waals surface area (Å²) in [5, 5.41) is 8.74. The predicted molar refractivity (Wildman–Crippen MR) is 195 cm³/mol. The molecule has 48 heavy (non-hydrogen) atoms. The maximum atomic E-state index is 13.7. The fourth-order valence-corrected chi connectivity index (χ4v) is 6.15. The van der Waals surface area contributed by atoms with Crippen molar-refractivity contribution < 1.29 is 19.1 Å². The SMILES string of the molecule is CCOc1ccc(NC(=O)C(Sc2cccc(NC(=O)/C(=C\c3ccc(Cl)cc3Cl)NC(=O)c3ccccc3)c2)c2ccccc2)cc1. The number of hydrogen-bond acceptors (Lipinski definition) is 5. The van der Waals surface area contributed by atoms with Gasteiger partial charge in [-0.1, -0.05) is 83.9 Å². The monoisotopic (exact) mass is 695 g/mol. The fraction of sp³-hybridized carbons (Fsp3) is 0.0789.